The Balaban J connectivity index is 4.23. The van der Waals surface area contributed by atoms with Crippen molar-refractivity contribution >= 4 is 0 Å². The lowest BCUT2D eigenvalue weighted by Gasteiger charge is -2.23. The molecule has 3 atom stereocenters. The maximum atomic E-state index is 2.51. The first-order chi connectivity index (χ1) is 14.2. The molecule has 0 fully saturated rings. The molecule has 0 radical (unpaired) electrons. The van der Waals surface area contributed by atoms with E-state index in [2.05, 4.69) is 34.6 Å². The van der Waals surface area contributed by atoms with E-state index in [0.717, 1.165) is 17.8 Å². The minimum atomic E-state index is 0.942. The number of hydrogen-bond donors (Lipinski definition) is 0. The number of rotatable bonds is 23. The van der Waals surface area contributed by atoms with E-state index in [-0.39, 0.29) is 0 Å². The third kappa shape index (κ3) is 19.7. The van der Waals surface area contributed by atoms with E-state index in [4.69, 9.17) is 0 Å². The molecule has 0 aliphatic heterocycles. The van der Waals surface area contributed by atoms with Crippen LogP contribution in [0.1, 0.15) is 169 Å². The van der Waals surface area contributed by atoms with E-state index in [1.54, 1.807) is 0 Å². The van der Waals surface area contributed by atoms with E-state index in [1.165, 1.54) is 135 Å². The highest BCUT2D eigenvalue weighted by Gasteiger charge is 2.15. The summed E-state index contributed by atoms with van der Waals surface area (Å²) in [4.78, 5) is 0. The molecule has 0 aromatic rings. The molecule has 0 aromatic carbocycles. The van der Waals surface area contributed by atoms with E-state index < -0.39 is 0 Å². The molecule has 0 N–H and O–H groups in total. The van der Waals surface area contributed by atoms with Crippen LogP contribution in [0.4, 0.5) is 0 Å². The Morgan fingerprint density at radius 2 is 0.828 bits per heavy atom. The van der Waals surface area contributed by atoms with E-state index in [1.807, 2.05) is 0 Å². The van der Waals surface area contributed by atoms with Gasteiger partial charge in [-0.05, 0) is 24.2 Å². The maximum Gasteiger partial charge on any atom is -0.0414 e. The van der Waals surface area contributed by atoms with Crippen LogP contribution in [0.2, 0.25) is 0 Å². The minimum Gasteiger partial charge on any atom is -0.0654 e. The molecular weight excluding hydrogens is 348 g/mol. The fraction of sp³-hybridized carbons (Fsp3) is 1.00. The highest BCUT2D eigenvalue weighted by Crippen LogP contribution is 2.29. The zero-order valence-electron chi connectivity index (χ0n) is 21.6. The van der Waals surface area contributed by atoms with Crippen LogP contribution in [0.5, 0.6) is 0 Å². The predicted molar refractivity (Wildman–Crippen MR) is 136 cm³/mol. The average molecular weight is 409 g/mol. The summed E-state index contributed by atoms with van der Waals surface area (Å²) in [6.07, 6.45) is 30.6. The van der Waals surface area contributed by atoms with Crippen LogP contribution in [0.3, 0.4) is 0 Å². The molecule has 0 heterocycles. The molecule has 0 saturated heterocycles. The third-order valence-corrected chi connectivity index (χ3v) is 7.28. The molecule has 0 saturated carbocycles. The average Bonchev–Trinajstić information content (AvgIpc) is 2.72. The summed E-state index contributed by atoms with van der Waals surface area (Å²) in [5.41, 5.74) is 0. The Morgan fingerprint density at radius 1 is 0.414 bits per heavy atom. The Bertz CT molecular complexity index is 294. The SMILES string of the molecule is CCCCCCCCC(CCCCCCC)CCC(CC)CC(C)CCCCC. The highest BCUT2D eigenvalue weighted by atomic mass is 14.2. The van der Waals surface area contributed by atoms with E-state index in [0.29, 0.717) is 0 Å². The molecule has 0 amide bonds. The maximum absolute atomic E-state index is 2.51. The summed E-state index contributed by atoms with van der Waals surface area (Å²) in [6, 6.07) is 0. The Morgan fingerprint density at radius 3 is 1.34 bits per heavy atom. The summed E-state index contributed by atoms with van der Waals surface area (Å²) < 4.78 is 0. The smallest absolute Gasteiger partial charge is 0.0414 e. The monoisotopic (exact) mass is 408 g/mol. The van der Waals surface area contributed by atoms with Gasteiger partial charge in [-0.2, -0.15) is 0 Å². The van der Waals surface area contributed by atoms with Gasteiger partial charge in [0.15, 0.2) is 0 Å². The molecule has 0 rings (SSSR count). The molecule has 0 heteroatoms. The fourth-order valence-electron chi connectivity index (χ4n) is 5.07. The molecule has 0 aliphatic carbocycles. The van der Waals surface area contributed by atoms with Crippen LogP contribution >= 0.6 is 0 Å². The van der Waals surface area contributed by atoms with Crippen LogP contribution < -0.4 is 0 Å². The summed E-state index contributed by atoms with van der Waals surface area (Å²) in [6.45, 7) is 11.9. The van der Waals surface area contributed by atoms with Crippen LogP contribution in [0.25, 0.3) is 0 Å². The molecule has 29 heavy (non-hydrogen) atoms. The van der Waals surface area contributed by atoms with Crippen molar-refractivity contribution in [2.24, 2.45) is 17.8 Å². The first-order valence-corrected chi connectivity index (χ1v) is 14.2. The van der Waals surface area contributed by atoms with Gasteiger partial charge in [0.25, 0.3) is 0 Å². The van der Waals surface area contributed by atoms with Crippen molar-refractivity contribution < 1.29 is 0 Å². The molecule has 0 bridgehead atoms. The first kappa shape index (κ1) is 29.0. The molecule has 3 unspecified atom stereocenters. The van der Waals surface area contributed by atoms with Crippen LogP contribution in [-0.2, 0) is 0 Å². The Hall–Kier alpha value is 0. The zero-order chi connectivity index (χ0) is 21.6. The third-order valence-electron chi connectivity index (χ3n) is 7.28. The lowest BCUT2D eigenvalue weighted by Crippen LogP contribution is -2.10. The lowest BCUT2D eigenvalue weighted by molar-refractivity contribution is 0.293. The molecule has 0 aromatic heterocycles. The molecule has 0 spiro atoms. The fourth-order valence-corrected chi connectivity index (χ4v) is 5.07. The molecule has 176 valence electrons. The van der Waals surface area contributed by atoms with Gasteiger partial charge in [-0.1, -0.05) is 163 Å². The second-order valence-corrected chi connectivity index (χ2v) is 10.3. The van der Waals surface area contributed by atoms with Crippen molar-refractivity contribution in [1.82, 2.24) is 0 Å². The Kier molecular flexibility index (Phi) is 22.7. The largest absolute Gasteiger partial charge is 0.0654 e. The predicted octanol–water partition coefficient (Wildman–Crippen LogP) is 11.1. The lowest BCUT2D eigenvalue weighted by atomic mass is 9.83. The summed E-state index contributed by atoms with van der Waals surface area (Å²) >= 11 is 0. The quantitative estimate of drug-likeness (QED) is 0.147. The minimum absolute atomic E-state index is 0.942. The van der Waals surface area contributed by atoms with E-state index in [9.17, 15) is 0 Å². The van der Waals surface area contributed by atoms with Crippen LogP contribution in [-0.4, -0.2) is 0 Å². The van der Waals surface area contributed by atoms with Gasteiger partial charge in [-0.15, -0.1) is 0 Å². The highest BCUT2D eigenvalue weighted by molar-refractivity contribution is 4.68. The van der Waals surface area contributed by atoms with Crippen molar-refractivity contribution in [3.05, 3.63) is 0 Å². The molecule has 0 aliphatic rings. The first-order valence-electron chi connectivity index (χ1n) is 14.2. The summed E-state index contributed by atoms with van der Waals surface area (Å²) in [5, 5.41) is 0. The number of hydrogen-bond acceptors (Lipinski definition) is 0. The van der Waals surface area contributed by atoms with Gasteiger partial charge in [-0.25, -0.2) is 0 Å². The Labute approximate surface area is 187 Å². The normalized spacial score (nSPS) is 14.8. The van der Waals surface area contributed by atoms with Crippen molar-refractivity contribution in [2.45, 2.75) is 169 Å². The van der Waals surface area contributed by atoms with Crippen molar-refractivity contribution in [2.75, 3.05) is 0 Å². The van der Waals surface area contributed by atoms with Gasteiger partial charge in [0.1, 0.15) is 0 Å². The van der Waals surface area contributed by atoms with Gasteiger partial charge in [0.05, 0.1) is 0 Å². The van der Waals surface area contributed by atoms with E-state index >= 15 is 0 Å². The van der Waals surface area contributed by atoms with Gasteiger partial charge in [-0.3, -0.25) is 0 Å². The summed E-state index contributed by atoms with van der Waals surface area (Å²) in [7, 11) is 0. The van der Waals surface area contributed by atoms with Gasteiger partial charge in [0, 0.05) is 0 Å². The topological polar surface area (TPSA) is 0 Å². The molecular formula is C29H60. The van der Waals surface area contributed by atoms with Crippen LogP contribution in [0, 0.1) is 17.8 Å². The molecule has 0 nitrogen and oxygen atoms in total. The second-order valence-electron chi connectivity index (χ2n) is 10.3. The summed E-state index contributed by atoms with van der Waals surface area (Å²) in [5.74, 6) is 2.95. The van der Waals surface area contributed by atoms with Crippen molar-refractivity contribution in [3.63, 3.8) is 0 Å². The van der Waals surface area contributed by atoms with Crippen molar-refractivity contribution in [1.29, 1.82) is 0 Å². The standard InChI is InChI=1S/C29H60/c1-6-10-13-15-17-20-23-29(22-19-16-14-11-7-2)25-24-28(9-4)26-27(5)21-18-12-8-3/h27-29H,6-26H2,1-5H3. The van der Waals surface area contributed by atoms with Gasteiger partial charge >= 0.3 is 0 Å². The van der Waals surface area contributed by atoms with Gasteiger partial charge in [0.2, 0.25) is 0 Å². The van der Waals surface area contributed by atoms with Gasteiger partial charge < -0.3 is 0 Å². The van der Waals surface area contributed by atoms with Crippen LogP contribution in [0.15, 0.2) is 0 Å². The zero-order valence-corrected chi connectivity index (χ0v) is 21.6. The number of unbranched alkanes of at least 4 members (excludes halogenated alkanes) is 11. The second kappa shape index (κ2) is 22.7. The van der Waals surface area contributed by atoms with Crippen molar-refractivity contribution in [3.8, 4) is 0 Å².